The van der Waals surface area contributed by atoms with Gasteiger partial charge in [-0.15, -0.1) is 6.58 Å². The molecule has 0 aliphatic heterocycles. The summed E-state index contributed by atoms with van der Waals surface area (Å²) in [6.07, 6.45) is 3.73. The molecule has 0 unspecified atom stereocenters. The molecule has 21 heavy (non-hydrogen) atoms. The van der Waals surface area contributed by atoms with Crippen molar-refractivity contribution < 1.29 is 0 Å². The van der Waals surface area contributed by atoms with E-state index in [1.165, 1.54) is 0 Å². The van der Waals surface area contributed by atoms with Crippen LogP contribution < -0.4 is 5.69 Å². The quantitative estimate of drug-likeness (QED) is 0.556. The fraction of sp³-hybridized carbons (Fsp3) is 0.167. The van der Waals surface area contributed by atoms with Gasteiger partial charge >= 0.3 is 5.69 Å². The number of unbranched alkanes of at least 4 members (excludes halogenated alkanes) is 1. The highest BCUT2D eigenvalue weighted by Gasteiger charge is 2.07. The van der Waals surface area contributed by atoms with Crippen LogP contribution in [0.1, 0.15) is 12.8 Å². The number of H-pyrrole nitrogens is 1. The van der Waals surface area contributed by atoms with Crippen LogP contribution in [0, 0.1) is 0 Å². The predicted molar refractivity (Wildman–Crippen MR) is 87.4 cm³/mol. The highest BCUT2D eigenvalue weighted by atomic mass is 16.1. The summed E-state index contributed by atoms with van der Waals surface area (Å²) in [5, 5.41) is 0. The second kappa shape index (κ2) is 5.83. The van der Waals surface area contributed by atoms with Crippen molar-refractivity contribution in [3.05, 3.63) is 71.7 Å². The van der Waals surface area contributed by atoms with Crippen molar-refractivity contribution in [1.29, 1.82) is 0 Å². The van der Waals surface area contributed by atoms with E-state index in [1.54, 1.807) is 4.57 Å². The number of benzene rings is 2. The van der Waals surface area contributed by atoms with Crippen molar-refractivity contribution >= 4 is 11.0 Å². The van der Waals surface area contributed by atoms with E-state index in [2.05, 4.69) is 29.8 Å². The van der Waals surface area contributed by atoms with Crippen LogP contribution in [0.2, 0.25) is 0 Å². The Morgan fingerprint density at radius 1 is 1.10 bits per heavy atom. The summed E-state index contributed by atoms with van der Waals surface area (Å²) < 4.78 is 1.80. The van der Waals surface area contributed by atoms with Crippen LogP contribution >= 0.6 is 0 Å². The largest absolute Gasteiger partial charge is 0.326 e. The van der Waals surface area contributed by atoms with Gasteiger partial charge in [0.05, 0.1) is 11.0 Å². The molecule has 0 saturated carbocycles. The van der Waals surface area contributed by atoms with E-state index < -0.39 is 0 Å². The highest BCUT2D eigenvalue weighted by molar-refractivity contribution is 5.82. The molecule has 2 aromatic carbocycles. The van der Waals surface area contributed by atoms with E-state index in [-0.39, 0.29) is 5.69 Å². The summed E-state index contributed by atoms with van der Waals surface area (Å²) in [5.74, 6) is 0. The number of aryl methyl sites for hydroxylation is 1. The molecule has 106 valence electrons. The molecule has 0 amide bonds. The second-order valence-electron chi connectivity index (χ2n) is 5.11. The molecular weight excluding hydrogens is 260 g/mol. The third-order valence-electron chi connectivity index (χ3n) is 3.67. The first kappa shape index (κ1) is 13.4. The van der Waals surface area contributed by atoms with Gasteiger partial charge in [0.25, 0.3) is 0 Å². The van der Waals surface area contributed by atoms with Crippen LogP contribution in [0.4, 0.5) is 0 Å². The summed E-state index contributed by atoms with van der Waals surface area (Å²) >= 11 is 0. The number of imidazole rings is 1. The molecule has 3 heteroatoms. The van der Waals surface area contributed by atoms with Crippen molar-refractivity contribution in [2.24, 2.45) is 0 Å². The molecule has 0 radical (unpaired) electrons. The number of hydrogen-bond donors (Lipinski definition) is 1. The van der Waals surface area contributed by atoms with E-state index in [0.29, 0.717) is 0 Å². The fourth-order valence-corrected chi connectivity index (χ4v) is 2.59. The van der Waals surface area contributed by atoms with Gasteiger partial charge in [-0.2, -0.15) is 0 Å². The number of rotatable bonds is 5. The number of fused-ring (bicyclic) bond motifs is 1. The molecule has 3 nitrogen and oxygen atoms in total. The monoisotopic (exact) mass is 278 g/mol. The molecule has 0 spiro atoms. The van der Waals surface area contributed by atoms with Gasteiger partial charge in [0.15, 0.2) is 0 Å². The van der Waals surface area contributed by atoms with Gasteiger partial charge in [-0.1, -0.05) is 42.5 Å². The molecule has 0 bridgehead atoms. The number of nitrogens with zero attached hydrogens (tertiary/aromatic N) is 1. The average Bonchev–Trinajstić information content (AvgIpc) is 2.83. The van der Waals surface area contributed by atoms with Gasteiger partial charge in [0.2, 0.25) is 0 Å². The molecule has 3 rings (SSSR count). The lowest BCUT2D eigenvalue weighted by molar-refractivity contribution is 0.647. The third-order valence-corrected chi connectivity index (χ3v) is 3.67. The van der Waals surface area contributed by atoms with E-state index in [0.717, 1.165) is 41.5 Å². The van der Waals surface area contributed by atoms with Crippen molar-refractivity contribution in [3.63, 3.8) is 0 Å². The summed E-state index contributed by atoms with van der Waals surface area (Å²) in [6.45, 7) is 4.43. The summed E-state index contributed by atoms with van der Waals surface area (Å²) in [4.78, 5) is 15.0. The minimum absolute atomic E-state index is 0.0423. The minimum atomic E-state index is -0.0423. The Morgan fingerprint density at radius 2 is 1.90 bits per heavy atom. The number of allylic oxidation sites excluding steroid dienone is 1. The summed E-state index contributed by atoms with van der Waals surface area (Å²) in [6, 6.07) is 16.3. The SMILES string of the molecule is C=CCCCn1c(=O)[nH]c2cc(-c3ccccc3)ccc21. The molecule has 1 aromatic heterocycles. The first-order valence-corrected chi connectivity index (χ1v) is 7.18. The number of aromatic amines is 1. The topological polar surface area (TPSA) is 37.8 Å². The van der Waals surface area contributed by atoms with Gasteiger partial charge in [-0.05, 0) is 36.1 Å². The first-order chi connectivity index (χ1) is 10.3. The average molecular weight is 278 g/mol. The second-order valence-corrected chi connectivity index (χ2v) is 5.11. The van der Waals surface area contributed by atoms with E-state index in [1.807, 2.05) is 36.4 Å². The maximum Gasteiger partial charge on any atom is 0.326 e. The fourth-order valence-electron chi connectivity index (χ4n) is 2.59. The van der Waals surface area contributed by atoms with Crippen LogP contribution in [-0.2, 0) is 6.54 Å². The Balaban J connectivity index is 2.00. The Bertz CT molecular complexity index is 812. The smallest absolute Gasteiger partial charge is 0.306 e. The molecule has 0 aliphatic carbocycles. The van der Waals surface area contributed by atoms with Crippen LogP contribution in [0.15, 0.2) is 66.0 Å². The van der Waals surface area contributed by atoms with Gasteiger partial charge in [-0.3, -0.25) is 4.57 Å². The lowest BCUT2D eigenvalue weighted by atomic mass is 10.1. The molecule has 3 aromatic rings. The molecule has 0 saturated heterocycles. The molecule has 0 aliphatic rings. The Morgan fingerprint density at radius 3 is 2.67 bits per heavy atom. The number of aromatic nitrogens is 2. The van der Waals surface area contributed by atoms with Gasteiger partial charge in [0, 0.05) is 6.54 Å². The summed E-state index contributed by atoms with van der Waals surface area (Å²) in [7, 11) is 0. The molecular formula is C18H18N2O. The van der Waals surface area contributed by atoms with Crippen molar-refractivity contribution in [2.45, 2.75) is 19.4 Å². The highest BCUT2D eigenvalue weighted by Crippen LogP contribution is 2.22. The van der Waals surface area contributed by atoms with Crippen LogP contribution in [0.25, 0.3) is 22.2 Å². The Labute approximate surface area is 123 Å². The maximum absolute atomic E-state index is 12.1. The van der Waals surface area contributed by atoms with E-state index >= 15 is 0 Å². The first-order valence-electron chi connectivity index (χ1n) is 7.18. The van der Waals surface area contributed by atoms with Crippen LogP contribution in [-0.4, -0.2) is 9.55 Å². The van der Waals surface area contributed by atoms with Gasteiger partial charge in [0.1, 0.15) is 0 Å². The van der Waals surface area contributed by atoms with Crippen molar-refractivity contribution in [3.8, 4) is 11.1 Å². The number of nitrogens with one attached hydrogen (secondary N) is 1. The molecule has 1 heterocycles. The van der Waals surface area contributed by atoms with Crippen molar-refractivity contribution in [1.82, 2.24) is 9.55 Å². The zero-order valence-electron chi connectivity index (χ0n) is 11.9. The lowest BCUT2D eigenvalue weighted by Crippen LogP contribution is -2.16. The normalized spacial score (nSPS) is 10.9. The predicted octanol–water partition coefficient (Wildman–Crippen LogP) is 3.96. The van der Waals surface area contributed by atoms with Gasteiger partial charge < -0.3 is 4.98 Å². The Kier molecular flexibility index (Phi) is 3.73. The number of hydrogen-bond acceptors (Lipinski definition) is 1. The zero-order chi connectivity index (χ0) is 14.7. The summed E-state index contributed by atoms with van der Waals surface area (Å²) in [5.41, 5.74) is 4.07. The Hall–Kier alpha value is -2.55. The molecule has 0 atom stereocenters. The van der Waals surface area contributed by atoms with Crippen LogP contribution in [0.5, 0.6) is 0 Å². The third kappa shape index (κ3) is 2.68. The lowest BCUT2D eigenvalue weighted by Gasteiger charge is -2.04. The van der Waals surface area contributed by atoms with Crippen LogP contribution in [0.3, 0.4) is 0 Å². The van der Waals surface area contributed by atoms with Crippen molar-refractivity contribution in [2.75, 3.05) is 0 Å². The molecule has 1 N–H and O–H groups in total. The van der Waals surface area contributed by atoms with E-state index in [4.69, 9.17) is 0 Å². The van der Waals surface area contributed by atoms with Gasteiger partial charge in [-0.25, -0.2) is 4.79 Å². The molecule has 0 fully saturated rings. The standard InChI is InChI=1S/C18H18N2O/c1-2-3-7-12-20-17-11-10-15(13-16(17)19-18(20)21)14-8-5-4-6-9-14/h2,4-6,8-11,13H,1,3,7,12H2,(H,19,21). The zero-order valence-corrected chi connectivity index (χ0v) is 11.9. The minimum Gasteiger partial charge on any atom is -0.306 e. The maximum atomic E-state index is 12.1. The van der Waals surface area contributed by atoms with E-state index in [9.17, 15) is 4.79 Å².